The fourth-order valence-electron chi connectivity index (χ4n) is 1.40. The van der Waals surface area contributed by atoms with Gasteiger partial charge in [-0.15, -0.1) is 0 Å². The Labute approximate surface area is 97.3 Å². The average molecular weight is 285 g/mol. The summed E-state index contributed by atoms with van der Waals surface area (Å²) in [6.45, 7) is 0. The second-order valence-electron chi connectivity index (χ2n) is 2.97. The number of imidazole rings is 1. The number of rotatable bonds is 2. The van der Waals surface area contributed by atoms with Crippen LogP contribution in [-0.4, -0.2) is 31.5 Å². The first-order valence-corrected chi connectivity index (χ1v) is 4.95. The first-order chi connectivity index (χ1) is 7.52. The van der Waals surface area contributed by atoms with E-state index in [2.05, 4.69) is 20.9 Å². The van der Waals surface area contributed by atoms with E-state index >= 15 is 0 Å². The van der Waals surface area contributed by atoms with Crippen LogP contribution in [-0.2, 0) is 0 Å². The molecule has 0 saturated heterocycles. The molecule has 0 bridgehead atoms. The summed E-state index contributed by atoms with van der Waals surface area (Å²) in [4.78, 5) is 25.4. The quantitative estimate of drug-likeness (QED) is 0.872. The first-order valence-electron chi connectivity index (χ1n) is 4.15. The molecule has 0 radical (unpaired) electrons. The van der Waals surface area contributed by atoms with E-state index in [1.165, 1.54) is 10.6 Å². The molecule has 0 saturated carbocycles. The van der Waals surface area contributed by atoms with Gasteiger partial charge in [0.1, 0.15) is 0 Å². The number of halogens is 1. The predicted octanol–water partition coefficient (Wildman–Crippen LogP) is 1.49. The second kappa shape index (κ2) is 3.60. The van der Waals surface area contributed by atoms with Crippen molar-refractivity contribution in [1.29, 1.82) is 0 Å². The van der Waals surface area contributed by atoms with Crippen LogP contribution in [0.5, 0.6) is 0 Å². The molecule has 0 amide bonds. The van der Waals surface area contributed by atoms with E-state index in [0.29, 0.717) is 4.47 Å². The van der Waals surface area contributed by atoms with Crippen LogP contribution in [0, 0.1) is 0 Å². The molecule has 2 heterocycles. The van der Waals surface area contributed by atoms with Gasteiger partial charge in [0, 0.05) is 10.7 Å². The summed E-state index contributed by atoms with van der Waals surface area (Å²) in [5.41, 5.74) is -0.0581. The van der Waals surface area contributed by atoms with E-state index in [-0.39, 0.29) is 17.0 Å². The lowest BCUT2D eigenvalue weighted by molar-refractivity contribution is 0.0682. The van der Waals surface area contributed by atoms with Crippen molar-refractivity contribution in [3.8, 4) is 0 Å². The van der Waals surface area contributed by atoms with Gasteiger partial charge >= 0.3 is 11.9 Å². The highest BCUT2D eigenvalue weighted by atomic mass is 79.9. The topological polar surface area (TPSA) is 91.9 Å². The highest BCUT2D eigenvalue weighted by Crippen LogP contribution is 2.22. The van der Waals surface area contributed by atoms with E-state index in [1.807, 2.05) is 0 Å². The van der Waals surface area contributed by atoms with Crippen LogP contribution in [0.15, 0.2) is 22.8 Å². The van der Waals surface area contributed by atoms with Crippen molar-refractivity contribution in [2.24, 2.45) is 0 Å². The molecule has 2 aromatic rings. The second-order valence-corrected chi connectivity index (χ2v) is 3.82. The highest BCUT2D eigenvalue weighted by molar-refractivity contribution is 9.10. The fourth-order valence-corrected chi connectivity index (χ4v) is 1.93. The Morgan fingerprint density at radius 3 is 2.56 bits per heavy atom. The third-order valence-electron chi connectivity index (χ3n) is 2.01. The lowest BCUT2D eigenvalue weighted by Gasteiger charge is -1.98. The molecule has 2 N–H and O–H groups in total. The molecule has 2 rings (SSSR count). The number of carbonyl (C=O) groups is 2. The van der Waals surface area contributed by atoms with Gasteiger partial charge in [0.25, 0.3) is 0 Å². The molecule has 0 aromatic carbocycles. The van der Waals surface area contributed by atoms with Crippen molar-refractivity contribution < 1.29 is 19.8 Å². The summed E-state index contributed by atoms with van der Waals surface area (Å²) in [5.74, 6) is -2.87. The highest BCUT2D eigenvalue weighted by Gasteiger charge is 2.21. The molecule has 82 valence electrons. The van der Waals surface area contributed by atoms with Crippen LogP contribution in [0.1, 0.15) is 21.1 Å². The summed E-state index contributed by atoms with van der Waals surface area (Å²) in [7, 11) is 0. The molecule has 0 atom stereocenters. The summed E-state index contributed by atoms with van der Waals surface area (Å²) in [6, 6.07) is 3.21. The summed E-state index contributed by atoms with van der Waals surface area (Å²) in [6.07, 6.45) is 1.45. The van der Waals surface area contributed by atoms with Crippen molar-refractivity contribution >= 4 is 33.4 Å². The molecule has 0 aliphatic rings. The Balaban J connectivity index is 2.93. The molecular weight excluding hydrogens is 280 g/mol. The maximum atomic E-state index is 10.9. The molecule has 2 aromatic heterocycles. The number of aromatic nitrogens is 2. The van der Waals surface area contributed by atoms with Crippen LogP contribution >= 0.6 is 15.9 Å². The molecule has 0 aliphatic carbocycles. The Morgan fingerprint density at radius 2 is 2.00 bits per heavy atom. The number of carboxylic acid groups (broad SMARTS) is 2. The molecule has 16 heavy (non-hydrogen) atoms. The zero-order valence-corrected chi connectivity index (χ0v) is 9.30. The number of nitrogens with zero attached hydrogens (tertiary/aromatic N) is 2. The molecular formula is C9H5BrN2O4. The Kier molecular flexibility index (Phi) is 2.39. The van der Waals surface area contributed by atoms with Gasteiger partial charge in [0.2, 0.25) is 5.82 Å². The van der Waals surface area contributed by atoms with Crippen LogP contribution < -0.4 is 0 Å². The van der Waals surface area contributed by atoms with Crippen molar-refractivity contribution in [2.45, 2.75) is 0 Å². The summed E-state index contributed by atoms with van der Waals surface area (Å²) < 4.78 is 1.70. The van der Waals surface area contributed by atoms with E-state index in [4.69, 9.17) is 10.2 Å². The van der Waals surface area contributed by atoms with Crippen molar-refractivity contribution in [3.05, 3.63) is 34.3 Å². The normalized spacial score (nSPS) is 10.6. The summed E-state index contributed by atoms with van der Waals surface area (Å²) in [5, 5.41) is 17.8. The largest absolute Gasteiger partial charge is 0.476 e. The predicted molar refractivity (Wildman–Crippen MR) is 56.8 cm³/mol. The number of hydrogen-bond acceptors (Lipinski definition) is 3. The SMILES string of the molecule is O=C(O)c1nc(C(=O)O)n2cccc(Br)c12. The van der Waals surface area contributed by atoms with Gasteiger partial charge in [-0.1, -0.05) is 0 Å². The van der Waals surface area contributed by atoms with E-state index in [9.17, 15) is 9.59 Å². The van der Waals surface area contributed by atoms with Crippen molar-refractivity contribution in [1.82, 2.24) is 9.38 Å². The lowest BCUT2D eigenvalue weighted by atomic mass is 10.3. The Hall–Kier alpha value is -1.89. The van der Waals surface area contributed by atoms with Crippen LogP contribution in [0.25, 0.3) is 5.52 Å². The molecule has 6 nitrogen and oxygen atoms in total. The molecule has 7 heteroatoms. The van der Waals surface area contributed by atoms with Gasteiger partial charge in [-0.3, -0.25) is 4.40 Å². The van der Waals surface area contributed by atoms with Gasteiger partial charge in [-0.2, -0.15) is 0 Å². The number of hydrogen-bond donors (Lipinski definition) is 2. The smallest absolute Gasteiger partial charge is 0.372 e. The minimum Gasteiger partial charge on any atom is -0.476 e. The maximum Gasteiger partial charge on any atom is 0.372 e. The van der Waals surface area contributed by atoms with E-state index in [1.54, 1.807) is 12.1 Å². The molecule has 0 spiro atoms. The minimum atomic E-state index is -1.28. The van der Waals surface area contributed by atoms with E-state index < -0.39 is 11.9 Å². The number of aromatic carboxylic acids is 2. The zero-order valence-electron chi connectivity index (χ0n) is 7.72. The lowest BCUT2D eigenvalue weighted by Crippen LogP contribution is -2.03. The fraction of sp³-hybridized carbons (Fsp3) is 0. The Morgan fingerprint density at radius 1 is 1.31 bits per heavy atom. The summed E-state index contributed by atoms with van der Waals surface area (Å²) >= 11 is 3.16. The molecule has 0 fully saturated rings. The average Bonchev–Trinajstić information content (AvgIpc) is 2.58. The van der Waals surface area contributed by atoms with Gasteiger partial charge in [-0.25, -0.2) is 14.6 Å². The van der Waals surface area contributed by atoms with E-state index in [0.717, 1.165) is 0 Å². The van der Waals surface area contributed by atoms with Crippen molar-refractivity contribution in [2.75, 3.05) is 0 Å². The monoisotopic (exact) mass is 284 g/mol. The third-order valence-corrected chi connectivity index (χ3v) is 2.65. The number of carboxylic acids is 2. The third kappa shape index (κ3) is 1.45. The van der Waals surface area contributed by atoms with Gasteiger partial charge < -0.3 is 10.2 Å². The molecule has 0 aliphatic heterocycles. The van der Waals surface area contributed by atoms with Crippen LogP contribution in [0.2, 0.25) is 0 Å². The van der Waals surface area contributed by atoms with Gasteiger partial charge in [0.05, 0.1) is 5.52 Å². The maximum absolute atomic E-state index is 10.9. The van der Waals surface area contributed by atoms with Crippen LogP contribution in [0.4, 0.5) is 0 Å². The number of pyridine rings is 1. The number of fused-ring (bicyclic) bond motifs is 1. The minimum absolute atomic E-state index is 0.229. The molecule has 0 unspecified atom stereocenters. The zero-order chi connectivity index (χ0) is 11.9. The van der Waals surface area contributed by atoms with Gasteiger partial charge in [0.15, 0.2) is 5.69 Å². The Bertz CT molecular complexity index is 605. The van der Waals surface area contributed by atoms with Gasteiger partial charge in [-0.05, 0) is 28.1 Å². The standard InChI is InChI=1S/C9H5BrN2O4/c10-4-2-1-3-12-6(4)5(8(13)14)11-7(12)9(15)16/h1-3H,(H,13,14)(H,15,16). The van der Waals surface area contributed by atoms with Crippen LogP contribution in [0.3, 0.4) is 0 Å². The van der Waals surface area contributed by atoms with Crippen molar-refractivity contribution in [3.63, 3.8) is 0 Å². The first kappa shape index (κ1) is 10.6.